The van der Waals surface area contributed by atoms with Crippen LogP contribution in [0.2, 0.25) is 0 Å². The zero-order valence-corrected chi connectivity index (χ0v) is 19.4. The van der Waals surface area contributed by atoms with Crippen LogP contribution in [0, 0.1) is 11.3 Å². The number of esters is 1. The number of nitriles is 1. The van der Waals surface area contributed by atoms with Crippen molar-refractivity contribution in [3.8, 4) is 6.07 Å². The van der Waals surface area contributed by atoms with Gasteiger partial charge in [-0.25, -0.2) is 14.2 Å². The first-order chi connectivity index (χ1) is 17.5. The predicted octanol–water partition coefficient (Wildman–Crippen LogP) is 3.21. The molecule has 13 heteroatoms. The Morgan fingerprint density at radius 2 is 1.86 bits per heavy atom. The predicted molar refractivity (Wildman–Crippen MR) is 122 cm³/mol. The molecule has 3 aromatic rings. The van der Waals surface area contributed by atoms with Gasteiger partial charge < -0.3 is 9.84 Å². The molecule has 1 unspecified atom stereocenters. The lowest BCUT2D eigenvalue weighted by Crippen LogP contribution is -2.38. The second kappa shape index (κ2) is 9.30. The van der Waals surface area contributed by atoms with E-state index in [1.54, 1.807) is 0 Å². The van der Waals surface area contributed by atoms with Gasteiger partial charge in [-0.15, -0.1) is 5.10 Å². The third-order valence-electron chi connectivity index (χ3n) is 5.83. The van der Waals surface area contributed by atoms with Crippen LogP contribution in [-0.2, 0) is 27.0 Å². The highest BCUT2D eigenvalue weighted by molar-refractivity contribution is 5.92. The van der Waals surface area contributed by atoms with Crippen LogP contribution < -0.4 is 10.6 Å². The van der Waals surface area contributed by atoms with Crippen molar-refractivity contribution in [2.24, 2.45) is 0 Å². The summed E-state index contributed by atoms with van der Waals surface area (Å²) in [4.78, 5) is 38.9. The van der Waals surface area contributed by atoms with Gasteiger partial charge >= 0.3 is 23.8 Å². The summed E-state index contributed by atoms with van der Waals surface area (Å²) in [6, 6.07) is 10.6. The fourth-order valence-corrected chi connectivity index (χ4v) is 4.13. The second-order valence-electron chi connectivity index (χ2n) is 8.01. The summed E-state index contributed by atoms with van der Waals surface area (Å²) in [5.41, 5.74) is -1.69. The molecule has 0 aliphatic carbocycles. The average Bonchev–Trinajstić information content (AvgIpc) is 3.17. The molecule has 1 aromatic heterocycles. The number of rotatable bonds is 5. The number of carboxylic acid groups (broad SMARTS) is 1. The van der Waals surface area contributed by atoms with Crippen LogP contribution in [-0.4, -0.2) is 38.5 Å². The number of hydrogen-bond acceptors (Lipinski definition) is 7. The standard InChI is InChI=1S/C24H18F3N5O5/c1-13-19(21(34)35)20(15-8-6-14(11-28)7-9-15)32-22(29-30(23(32)36)12-18(33)37-2)31(13)17-5-3-4-16(10-17)24(25,26)27/h3-10,20H,12H2,1-2H3,(H,34,35). The summed E-state index contributed by atoms with van der Waals surface area (Å²) in [5.74, 6) is -2.45. The second-order valence-corrected chi connectivity index (χ2v) is 8.01. The maximum atomic E-state index is 13.5. The van der Waals surface area contributed by atoms with E-state index in [9.17, 15) is 32.7 Å². The van der Waals surface area contributed by atoms with Crippen LogP contribution in [0.3, 0.4) is 0 Å². The molecule has 0 saturated heterocycles. The number of halogens is 3. The number of allylic oxidation sites excluding steroid dienone is 1. The van der Waals surface area contributed by atoms with Crippen molar-refractivity contribution in [1.29, 1.82) is 5.26 Å². The smallest absolute Gasteiger partial charge is 0.416 e. The number of aromatic nitrogens is 3. The highest BCUT2D eigenvalue weighted by Crippen LogP contribution is 2.42. The molecular weight excluding hydrogens is 495 g/mol. The lowest BCUT2D eigenvalue weighted by Gasteiger charge is -2.35. The molecule has 1 atom stereocenters. The third kappa shape index (κ3) is 4.44. The van der Waals surface area contributed by atoms with E-state index < -0.39 is 42.0 Å². The Balaban J connectivity index is 2.03. The molecule has 4 rings (SSSR count). The molecule has 0 amide bonds. The average molecular weight is 513 g/mol. The molecule has 0 saturated carbocycles. The highest BCUT2D eigenvalue weighted by Gasteiger charge is 2.40. The van der Waals surface area contributed by atoms with Gasteiger partial charge in [0.15, 0.2) is 0 Å². The number of aliphatic carboxylic acids is 1. The zero-order chi connectivity index (χ0) is 27.1. The molecule has 37 heavy (non-hydrogen) atoms. The number of carbonyl (C=O) groups excluding carboxylic acids is 1. The molecule has 10 nitrogen and oxygen atoms in total. The monoisotopic (exact) mass is 513 g/mol. The van der Waals surface area contributed by atoms with Crippen LogP contribution in [0.15, 0.2) is 64.6 Å². The topological polar surface area (TPSA) is 130 Å². The minimum atomic E-state index is -4.69. The number of methoxy groups -OCH3 is 1. The first-order valence-corrected chi connectivity index (χ1v) is 10.7. The Labute approximate surface area is 207 Å². The summed E-state index contributed by atoms with van der Waals surface area (Å²) in [7, 11) is 1.10. The molecule has 0 spiro atoms. The first kappa shape index (κ1) is 25.2. The van der Waals surface area contributed by atoms with Gasteiger partial charge in [-0.1, -0.05) is 18.2 Å². The SMILES string of the molecule is COC(=O)Cn1nc2n(c1=O)C(c1ccc(C#N)cc1)C(C(=O)O)=C(C)N2c1cccc(C(F)(F)F)c1. The van der Waals surface area contributed by atoms with Gasteiger partial charge in [-0.05, 0) is 42.8 Å². The van der Waals surface area contributed by atoms with E-state index in [1.807, 2.05) is 6.07 Å². The van der Waals surface area contributed by atoms with E-state index in [4.69, 9.17) is 5.26 Å². The van der Waals surface area contributed by atoms with Gasteiger partial charge in [0.25, 0.3) is 0 Å². The van der Waals surface area contributed by atoms with Gasteiger partial charge in [-0.3, -0.25) is 9.69 Å². The fourth-order valence-electron chi connectivity index (χ4n) is 4.13. The summed E-state index contributed by atoms with van der Waals surface area (Å²) < 4.78 is 46.7. The van der Waals surface area contributed by atoms with Crippen LogP contribution in [0.5, 0.6) is 0 Å². The van der Waals surface area contributed by atoms with Gasteiger partial charge in [0.1, 0.15) is 12.6 Å². The molecule has 0 radical (unpaired) electrons. The van der Waals surface area contributed by atoms with Crippen LogP contribution in [0.25, 0.3) is 0 Å². The largest absolute Gasteiger partial charge is 0.478 e. The number of hydrogen-bond donors (Lipinski definition) is 1. The lowest BCUT2D eigenvalue weighted by molar-refractivity contribution is -0.141. The number of nitrogens with zero attached hydrogens (tertiary/aromatic N) is 5. The van der Waals surface area contributed by atoms with Crippen LogP contribution in [0.1, 0.15) is 29.7 Å². The summed E-state index contributed by atoms with van der Waals surface area (Å²) in [6.07, 6.45) is -4.69. The minimum absolute atomic E-state index is 0.00361. The molecule has 0 fully saturated rings. The summed E-state index contributed by atoms with van der Waals surface area (Å²) in [5, 5.41) is 23.5. The van der Waals surface area contributed by atoms with Crippen molar-refractivity contribution in [2.75, 3.05) is 12.0 Å². The molecule has 1 N–H and O–H groups in total. The number of anilines is 2. The van der Waals surface area contributed by atoms with Crippen molar-refractivity contribution in [3.63, 3.8) is 0 Å². The molecule has 2 aromatic carbocycles. The van der Waals surface area contributed by atoms with Gasteiger partial charge in [0, 0.05) is 11.4 Å². The van der Waals surface area contributed by atoms with E-state index in [0.717, 1.165) is 39.5 Å². The Morgan fingerprint density at radius 1 is 1.19 bits per heavy atom. The first-order valence-electron chi connectivity index (χ1n) is 10.7. The normalized spacial score (nSPS) is 15.2. The maximum Gasteiger partial charge on any atom is 0.416 e. The zero-order valence-electron chi connectivity index (χ0n) is 19.4. The summed E-state index contributed by atoms with van der Waals surface area (Å²) >= 11 is 0. The van der Waals surface area contributed by atoms with Crippen LogP contribution >= 0.6 is 0 Å². The Bertz CT molecular complexity index is 1530. The van der Waals surface area contributed by atoms with Crippen molar-refractivity contribution >= 4 is 23.6 Å². The number of alkyl halides is 3. The quantitative estimate of drug-likeness (QED) is 0.515. The van der Waals surface area contributed by atoms with Gasteiger partial charge in [-0.2, -0.15) is 23.1 Å². The van der Waals surface area contributed by atoms with Crippen molar-refractivity contribution < 1.29 is 32.6 Å². The Kier molecular flexibility index (Phi) is 6.35. The van der Waals surface area contributed by atoms with Gasteiger partial charge in [0.05, 0.1) is 29.9 Å². The highest BCUT2D eigenvalue weighted by atomic mass is 19.4. The molecule has 0 bridgehead atoms. The fraction of sp³-hybridized carbons (Fsp3) is 0.208. The van der Waals surface area contributed by atoms with E-state index in [-0.39, 0.29) is 28.5 Å². The molecule has 1 aliphatic rings. The number of benzene rings is 2. The summed E-state index contributed by atoms with van der Waals surface area (Å²) in [6.45, 7) is 0.765. The third-order valence-corrected chi connectivity index (χ3v) is 5.83. The molecule has 2 heterocycles. The van der Waals surface area contributed by atoms with E-state index in [2.05, 4.69) is 9.84 Å². The number of carbonyl (C=O) groups is 2. The number of carboxylic acids is 1. The number of ether oxygens (including phenoxy) is 1. The van der Waals surface area contributed by atoms with Crippen LogP contribution in [0.4, 0.5) is 24.8 Å². The van der Waals surface area contributed by atoms with E-state index in [1.165, 1.54) is 37.3 Å². The van der Waals surface area contributed by atoms with Crippen molar-refractivity contribution in [3.05, 3.63) is 87.0 Å². The Hall–Kier alpha value is -4.86. The Morgan fingerprint density at radius 3 is 2.43 bits per heavy atom. The molecule has 190 valence electrons. The maximum absolute atomic E-state index is 13.5. The van der Waals surface area contributed by atoms with Gasteiger partial charge in [0.2, 0.25) is 5.95 Å². The van der Waals surface area contributed by atoms with E-state index in [0.29, 0.717) is 5.56 Å². The molecular formula is C24H18F3N5O5. The lowest BCUT2D eigenvalue weighted by atomic mass is 9.94. The number of fused-ring (bicyclic) bond motifs is 1. The minimum Gasteiger partial charge on any atom is -0.478 e. The molecule has 1 aliphatic heterocycles. The van der Waals surface area contributed by atoms with Crippen molar-refractivity contribution in [2.45, 2.75) is 25.7 Å². The van der Waals surface area contributed by atoms with Crippen molar-refractivity contribution in [1.82, 2.24) is 14.3 Å². The van der Waals surface area contributed by atoms with E-state index >= 15 is 0 Å².